The van der Waals surface area contributed by atoms with Crippen molar-refractivity contribution in [2.24, 2.45) is 0 Å². The zero-order chi connectivity index (χ0) is 14.7. The summed E-state index contributed by atoms with van der Waals surface area (Å²) in [4.78, 5) is 16.2. The second-order valence-corrected chi connectivity index (χ2v) is 5.38. The van der Waals surface area contributed by atoms with Gasteiger partial charge in [0.05, 0.1) is 21.8 Å². The second kappa shape index (κ2) is 6.04. The average molecular weight is 351 g/mol. The van der Waals surface area contributed by atoms with Crippen molar-refractivity contribution in [2.45, 2.75) is 6.92 Å². The number of aromatic nitrogens is 1. The van der Waals surface area contributed by atoms with Crippen LogP contribution in [0, 0.1) is 18.3 Å². The molecule has 0 aliphatic heterocycles. The topological polar surface area (TPSA) is 65.8 Å². The van der Waals surface area contributed by atoms with Gasteiger partial charge in [-0.1, -0.05) is 27.5 Å². The number of pyridine rings is 1. The number of rotatable bonds is 2. The molecular weight excluding hydrogens is 342 g/mol. The summed E-state index contributed by atoms with van der Waals surface area (Å²) in [6.07, 6.45) is 1.41. The Morgan fingerprint density at radius 2 is 2.20 bits per heavy atom. The molecule has 2 aromatic rings. The zero-order valence-corrected chi connectivity index (χ0v) is 12.8. The van der Waals surface area contributed by atoms with Crippen molar-refractivity contribution in [2.75, 3.05) is 5.32 Å². The number of aryl methyl sites for hydroxylation is 1. The molecule has 0 saturated carbocycles. The molecular formula is C14H9BrClN3O. The summed E-state index contributed by atoms with van der Waals surface area (Å²) < 4.78 is 0.766. The molecule has 1 aromatic carbocycles. The summed E-state index contributed by atoms with van der Waals surface area (Å²) in [6, 6.07) is 8.66. The molecule has 1 aromatic heterocycles. The van der Waals surface area contributed by atoms with Gasteiger partial charge < -0.3 is 5.32 Å². The van der Waals surface area contributed by atoms with Crippen molar-refractivity contribution in [1.82, 2.24) is 4.98 Å². The molecule has 0 aliphatic carbocycles. The van der Waals surface area contributed by atoms with E-state index in [4.69, 9.17) is 16.9 Å². The van der Waals surface area contributed by atoms with E-state index in [0.29, 0.717) is 16.3 Å². The summed E-state index contributed by atoms with van der Waals surface area (Å²) >= 11 is 9.29. The first-order chi connectivity index (χ1) is 9.51. The first-order valence-electron chi connectivity index (χ1n) is 5.64. The Hall–Kier alpha value is -1.90. The highest BCUT2D eigenvalue weighted by Gasteiger charge is 2.13. The molecule has 0 saturated heterocycles. The molecule has 0 aliphatic rings. The fourth-order valence-corrected chi connectivity index (χ4v) is 2.25. The third-order valence-electron chi connectivity index (χ3n) is 2.59. The number of amides is 1. The van der Waals surface area contributed by atoms with Crippen LogP contribution in [-0.2, 0) is 0 Å². The lowest BCUT2D eigenvalue weighted by molar-refractivity contribution is 0.102. The maximum atomic E-state index is 12.1. The van der Waals surface area contributed by atoms with Crippen molar-refractivity contribution >= 4 is 39.1 Å². The van der Waals surface area contributed by atoms with Crippen LogP contribution in [0.15, 0.2) is 34.9 Å². The molecule has 0 spiro atoms. The molecule has 1 amide bonds. The molecule has 2 rings (SSSR count). The van der Waals surface area contributed by atoms with Gasteiger partial charge >= 0.3 is 0 Å². The Morgan fingerprint density at radius 1 is 1.45 bits per heavy atom. The fourth-order valence-electron chi connectivity index (χ4n) is 1.60. The van der Waals surface area contributed by atoms with Gasteiger partial charge in [0.2, 0.25) is 0 Å². The highest BCUT2D eigenvalue weighted by atomic mass is 79.9. The number of nitrogens with one attached hydrogen (secondary N) is 1. The Kier molecular flexibility index (Phi) is 4.38. The van der Waals surface area contributed by atoms with E-state index in [1.54, 1.807) is 31.2 Å². The van der Waals surface area contributed by atoms with Crippen molar-refractivity contribution in [1.29, 1.82) is 5.26 Å². The predicted molar refractivity (Wildman–Crippen MR) is 80.8 cm³/mol. The quantitative estimate of drug-likeness (QED) is 0.892. The molecule has 0 radical (unpaired) electrons. The maximum absolute atomic E-state index is 12.1. The van der Waals surface area contributed by atoms with Gasteiger partial charge in [0.1, 0.15) is 6.07 Å². The Morgan fingerprint density at radius 3 is 2.85 bits per heavy atom. The van der Waals surface area contributed by atoms with Crippen LogP contribution < -0.4 is 5.32 Å². The molecule has 0 atom stereocenters. The average Bonchev–Trinajstić information content (AvgIpc) is 2.40. The van der Waals surface area contributed by atoms with Crippen LogP contribution >= 0.6 is 27.5 Å². The van der Waals surface area contributed by atoms with Crippen LogP contribution in [0.5, 0.6) is 0 Å². The highest BCUT2D eigenvalue weighted by Crippen LogP contribution is 2.22. The SMILES string of the molecule is Cc1cc(Cl)c(C(=O)Nc2ccc(Br)cc2C#N)cn1. The van der Waals surface area contributed by atoms with Gasteiger partial charge in [-0.3, -0.25) is 9.78 Å². The van der Waals surface area contributed by atoms with E-state index in [0.717, 1.165) is 10.2 Å². The van der Waals surface area contributed by atoms with E-state index < -0.39 is 5.91 Å². The molecule has 20 heavy (non-hydrogen) atoms. The molecule has 4 nitrogen and oxygen atoms in total. The monoisotopic (exact) mass is 349 g/mol. The lowest BCUT2D eigenvalue weighted by Crippen LogP contribution is -2.14. The van der Waals surface area contributed by atoms with E-state index in [1.807, 2.05) is 6.07 Å². The lowest BCUT2D eigenvalue weighted by atomic mass is 10.2. The van der Waals surface area contributed by atoms with E-state index in [2.05, 4.69) is 26.2 Å². The number of nitrogens with zero attached hydrogens (tertiary/aromatic N) is 2. The zero-order valence-electron chi connectivity index (χ0n) is 10.4. The number of nitriles is 1. The van der Waals surface area contributed by atoms with Gasteiger partial charge in [0, 0.05) is 16.4 Å². The number of benzene rings is 1. The molecule has 0 unspecified atom stereocenters. The minimum absolute atomic E-state index is 0.268. The first kappa shape index (κ1) is 14.5. The van der Waals surface area contributed by atoms with Gasteiger partial charge in [0.25, 0.3) is 5.91 Å². The minimum Gasteiger partial charge on any atom is -0.321 e. The van der Waals surface area contributed by atoms with Crippen LogP contribution in [0.4, 0.5) is 5.69 Å². The summed E-state index contributed by atoms with van der Waals surface area (Å²) in [7, 11) is 0. The van der Waals surface area contributed by atoms with E-state index in [-0.39, 0.29) is 5.56 Å². The summed E-state index contributed by atoms with van der Waals surface area (Å²) in [5, 5.41) is 12.0. The number of anilines is 1. The van der Waals surface area contributed by atoms with Gasteiger partial charge in [-0.05, 0) is 31.2 Å². The van der Waals surface area contributed by atoms with E-state index in [1.165, 1.54) is 6.20 Å². The van der Waals surface area contributed by atoms with E-state index >= 15 is 0 Å². The third-order valence-corrected chi connectivity index (χ3v) is 3.39. The number of carbonyl (C=O) groups excluding carboxylic acids is 1. The summed E-state index contributed by atoms with van der Waals surface area (Å²) in [5.74, 6) is -0.402. The summed E-state index contributed by atoms with van der Waals surface area (Å²) in [5.41, 5.74) is 1.79. The molecule has 100 valence electrons. The van der Waals surface area contributed by atoms with Crippen LogP contribution in [0.1, 0.15) is 21.6 Å². The van der Waals surface area contributed by atoms with E-state index in [9.17, 15) is 4.79 Å². The molecule has 1 heterocycles. The van der Waals surface area contributed by atoms with Crippen LogP contribution in [0.3, 0.4) is 0 Å². The van der Waals surface area contributed by atoms with Crippen molar-refractivity contribution in [3.8, 4) is 6.07 Å². The Balaban J connectivity index is 2.31. The predicted octanol–water partition coefficient (Wildman–Crippen LogP) is 3.93. The van der Waals surface area contributed by atoms with Crippen molar-refractivity contribution in [3.05, 3.63) is 56.8 Å². The third kappa shape index (κ3) is 3.16. The van der Waals surface area contributed by atoms with Gasteiger partial charge in [-0.2, -0.15) is 5.26 Å². The number of halogens is 2. The summed E-state index contributed by atoms with van der Waals surface area (Å²) in [6.45, 7) is 1.79. The molecule has 0 bridgehead atoms. The normalized spacial score (nSPS) is 9.90. The van der Waals surface area contributed by atoms with Crippen LogP contribution in [0.25, 0.3) is 0 Å². The van der Waals surface area contributed by atoms with Crippen LogP contribution in [0.2, 0.25) is 5.02 Å². The Bertz CT molecular complexity index is 725. The number of hydrogen-bond acceptors (Lipinski definition) is 3. The second-order valence-electron chi connectivity index (χ2n) is 4.06. The smallest absolute Gasteiger partial charge is 0.258 e. The van der Waals surface area contributed by atoms with Gasteiger partial charge in [0.15, 0.2) is 0 Å². The maximum Gasteiger partial charge on any atom is 0.258 e. The highest BCUT2D eigenvalue weighted by molar-refractivity contribution is 9.10. The lowest BCUT2D eigenvalue weighted by Gasteiger charge is -2.08. The van der Waals surface area contributed by atoms with Crippen molar-refractivity contribution in [3.63, 3.8) is 0 Å². The largest absolute Gasteiger partial charge is 0.321 e. The fraction of sp³-hybridized carbons (Fsp3) is 0.0714. The molecule has 0 fully saturated rings. The standard InChI is InChI=1S/C14H9BrClN3O/c1-8-4-12(16)11(7-18-8)14(20)19-13-3-2-10(15)5-9(13)6-17/h2-5,7H,1H3,(H,19,20). The van der Waals surface area contributed by atoms with Gasteiger partial charge in [-0.25, -0.2) is 0 Å². The first-order valence-corrected chi connectivity index (χ1v) is 6.81. The number of carbonyl (C=O) groups is 1. The number of hydrogen-bond donors (Lipinski definition) is 1. The Labute approximate surface area is 129 Å². The minimum atomic E-state index is -0.402. The van der Waals surface area contributed by atoms with Crippen molar-refractivity contribution < 1.29 is 4.79 Å². The van der Waals surface area contributed by atoms with Gasteiger partial charge in [-0.15, -0.1) is 0 Å². The molecule has 6 heteroatoms. The van der Waals surface area contributed by atoms with Crippen LogP contribution in [-0.4, -0.2) is 10.9 Å². The molecule has 1 N–H and O–H groups in total.